The van der Waals surface area contributed by atoms with Gasteiger partial charge >= 0.3 is 5.97 Å². The minimum atomic E-state index is -1.56. The molecule has 0 bridgehead atoms. The summed E-state index contributed by atoms with van der Waals surface area (Å²) in [6.45, 7) is 0. The van der Waals surface area contributed by atoms with Crippen LogP contribution in [0.5, 0.6) is 0 Å². The van der Waals surface area contributed by atoms with Crippen LogP contribution in [0, 0.1) is 0 Å². The molecule has 0 aromatic carbocycles. The number of hydrogen-bond acceptors (Lipinski definition) is 4. The SMILES string of the molecule is COC(OC)C(=O)C(=O)O.c1cc2ccc1-2. The van der Waals surface area contributed by atoms with E-state index in [1.807, 2.05) is 0 Å². The molecule has 2 aliphatic rings. The summed E-state index contributed by atoms with van der Waals surface area (Å²) in [5.74, 6) is -2.67. The van der Waals surface area contributed by atoms with E-state index in [0.717, 1.165) is 0 Å². The van der Waals surface area contributed by atoms with Gasteiger partial charge in [0.25, 0.3) is 5.78 Å². The van der Waals surface area contributed by atoms with Gasteiger partial charge in [-0.2, -0.15) is 0 Å². The average Bonchev–Trinajstić information content (AvgIpc) is 2.25. The number of carbonyl (C=O) groups excluding carboxylic acids is 1. The van der Waals surface area contributed by atoms with Crippen molar-refractivity contribution in [2.24, 2.45) is 0 Å². The van der Waals surface area contributed by atoms with Gasteiger partial charge in [0, 0.05) is 14.2 Å². The maximum absolute atomic E-state index is 10.5. The van der Waals surface area contributed by atoms with E-state index < -0.39 is 18.0 Å². The molecule has 0 aromatic heterocycles. The van der Waals surface area contributed by atoms with Crippen molar-refractivity contribution in [3.8, 4) is 11.1 Å². The highest BCUT2D eigenvalue weighted by atomic mass is 16.7. The van der Waals surface area contributed by atoms with E-state index in [2.05, 4.69) is 33.7 Å². The Hall–Kier alpha value is -1.72. The third-order valence-corrected chi connectivity index (χ3v) is 2.07. The Morgan fingerprint density at radius 1 is 1.06 bits per heavy atom. The van der Waals surface area contributed by atoms with Gasteiger partial charge in [-0.1, -0.05) is 24.3 Å². The predicted octanol–water partition coefficient (Wildman–Crippen LogP) is 0.926. The molecule has 0 saturated carbocycles. The van der Waals surface area contributed by atoms with Crippen molar-refractivity contribution in [3.05, 3.63) is 24.3 Å². The fourth-order valence-electron chi connectivity index (χ4n) is 1.07. The quantitative estimate of drug-likeness (QED) is 0.617. The fraction of sp³-hybridized carbons (Fsp3) is 0.273. The van der Waals surface area contributed by atoms with Crippen LogP contribution in [-0.2, 0) is 19.1 Å². The van der Waals surface area contributed by atoms with E-state index in [1.165, 1.54) is 25.3 Å². The summed E-state index contributed by atoms with van der Waals surface area (Å²) in [6, 6.07) is 8.48. The number of ether oxygens (including phenoxy) is 2. The molecule has 0 unspecified atom stereocenters. The molecule has 0 heterocycles. The largest absolute Gasteiger partial charge is 0.475 e. The molecule has 2 rings (SSSR count). The Morgan fingerprint density at radius 3 is 1.50 bits per heavy atom. The number of Topliss-reactive ketones (excluding diaryl/α,β-unsaturated/α-hetero) is 1. The lowest BCUT2D eigenvalue weighted by Crippen LogP contribution is -2.31. The van der Waals surface area contributed by atoms with Crippen molar-refractivity contribution in [2.45, 2.75) is 6.29 Å². The Kier molecular flexibility index (Phi) is 4.16. The summed E-state index contributed by atoms with van der Waals surface area (Å²) in [7, 11) is 2.38. The van der Waals surface area contributed by atoms with Gasteiger partial charge in [0.2, 0.25) is 6.29 Å². The fourth-order valence-corrected chi connectivity index (χ4v) is 1.07. The standard InChI is InChI=1S/C6H4.C5H8O5/c1-2-6-4-3-5(1)6;1-9-5(10-2)3(6)4(7)8/h1-4H;5H,1-2H3,(H,7,8). The second kappa shape index (κ2) is 5.39. The van der Waals surface area contributed by atoms with Crippen molar-refractivity contribution in [2.75, 3.05) is 14.2 Å². The van der Waals surface area contributed by atoms with Gasteiger partial charge in [0.05, 0.1) is 0 Å². The highest BCUT2D eigenvalue weighted by Crippen LogP contribution is 2.29. The normalized spacial score (nSPS) is 10.4. The van der Waals surface area contributed by atoms with Crippen molar-refractivity contribution >= 4 is 11.8 Å². The van der Waals surface area contributed by atoms with Crippen LogP contribution in [-0.4, -0.2) is 37.4 Å². The van der Waals surface area contributed by atoms with Gasteiger partial charge in [-0.05, 0) is 11.1 Å². The number of carbonyl (C=O) groups is 2. The van der Waals surface area contributed by atoms with Gasteiger partial charge in [-0.25, -0.2) is 4.79 Å². The van der Waals surface area contributed by atoms with Gasteiger partial charge in [-0.15, -0.1) is 0 Å². The van der Waals surface area contributed by atoms with Crippen LogP contribution in [0.4, 0.5) is 0 Å². The van der Waals surface area contributed by atoms with E-state index in [0.29, 0.717) is 0 Å². The summed E-state index contributed by atoms with van der Waals surface area (Å²) in [5, 5.41) is 8.11. The molecule has 5 nitrogen and oxygen atoms in total. The number of rotatable bonds is 4. The predicted molar refractivity (Wildman–Crippen MR) is 55.9 cm³/mol. The molecule has 0 amide bonds. The highest BCUT2D eigenvalue weighted by molar-refractivity contribution is 6.34. The van der Waals surface area contributed by atoms with Crippen LogP contribution in [0.3, 0.4) is 0 Å². The average molecular weight is 224 g/mol. The lowest BCUT2D eigenvalue weighted by Gasteiger charge is -2.10. The summed E-state index contributed by atoms with van der Waals surface area (Å²) >= 11 is 0. The molecule has 0 radical (unpaired) electrons. The highest BCUT2D eigenvalue weighted by Gasteiger charge is 2.23. The second-order valence-corrected chi connectivity index (χ2v) is 3.05. The molecule has 0 aliphatic heterocycles. The van der Waals surface area contributed by atoms with Crippen LogP contribution in [0.15, 0.2) is 24.3 Å². The molecule has 86 valence electrons. The zero-order chi connectivity index (χ0) is 12.1. The second-order valence-electron chi connectivity index (χ2n) is 3.05. The first kappa shape index (κ1) is 12.4. The molecular formula is C11H12O5. The zero-order valence-corrected chi connectivity index (χ0v) is 8.97. The summed E-state index contributed by atoms with van der Waals surface area (Å²) in [6.07, 6.45) is -1.29. The summed E-state index contributed by atoms with van der Waals surface area (Å²) in [4.78, 5) is 20.4. The first-order valence-corrected chi connectivity index (χ1v) is 4.53. The maximum Gasteiger partial charge on any atom is 0.377 e. The van der Waals surface area contributed by atoms with E-state index in [1.54, 1.807) is 0 Å². The smallest absolute Gasteiger partial charge is 0.377 e. The van der Waals surface area contributed by atoms with Crippen molar-refractivity contribution in [1.29, 1.82) is 0 Å². The molecule has 2 aliphatic carbocycles. The van der Waals surface area contributed by atoms with Crippen molar-refractivity contribution in [1.82, 2.24) is 0 Å². The maximum atomic E-state index is 10.5. The first-order chi connectivity index (χ1) is 7.60. The van der Waals surface area contributed by atoms with Gasteiger partial charge in [-0.3, -0.25) is 4.79 Å². The zero-order valence-electron chi connectivity index (χ0n) is 8.97. The monoisotopic (exact) mass is 224 g/mol. The number of fused-ring (bicyclic) bond motifs is 1. The van der Waals surface area contributed by atoms with Crippen molar-refractivity contribution < 1.29 is 24.2 Å². The van der Waals surface area contributed by atoms with Gasteiger partial charge in [0.1, 0.15) is 0 Å². The lowest BCUT2D eigenvalue weighted by molar-refractivity contribution is -0.170. The number of aliphatic carboxylic acids is 1. The number of benzene rings is 1. The number of hydrogen-bond donors (Lipinski definition) is 1. The molecule has 0 atom stereocenters. The number of carboxylic acids is 1. The minimum absolute atomic E-state index is 1.11. The van der Waals surface area contributed by atoms with Gasteiger partial charge in [0.15, 0.2) is 0 Å². The van der Waals surface area contributed by atoms with Gasteiger partial charge < -0.3 is 14.6 Å². The van der Waals surface area contributed by atoms with E-state index >= 15 is 0 Å². The van der Waals surface area contributed by atoms with E-state index in [9.17, 15) is 9.59 Å². The Bertz CT molecular complexity index is 357. The first-order valence-electron chi connectivity index (χ1n) is 4.53. The Labute approximate surface area is 92.6 Å². The number of carboxylic acid groups (broad SMARTS) is 1. The molecule has 16 heavy (non-hydrogen) atoms. The summed E-state index contributed by atoms with van der Waals surface area (Å²) in [5.41, 5.74) is 2.85. The Balaban J connectivity index is 0.000000176. The van der Waals surface area contributed by atoms with E-state index in [4.69, 9.17) is 5.11 Å². The molecule has 0 aromatic rings. The molecule has 0 fully saturated rings. The van der Waals surface area contributed by atoms with Crippen LogP contribution in [0.25, 0.3) is 11.1 Å². The molecule has 5 heteroatoms. The Morgan fingerprint density at radius 2 is 1.44 bits per heavy atom. The number of methoxy groups -OCH3 is 2. The third kappa shape index (κ3) is 2.65. The van der Waals surface area contributed by atoms with Crippen LogP contribution >= 0.6 is 0 Å². The summed E-state index contributed by atoms with van der Waals surface area (Å²) < 4.78 is 8.74. The number of ketones is 1. The van der Waals surface area contributed by atoms with Crippen LogP contribution < -0.4 is 0 Å². The minimum Gasteiger partial charge on any atom is -0.475 e. The lowest BCUT2D eigenvalue weighted by atomic mass is 9.95. The molecule has 1 N–H and O–H groups in total. The molecule has 0 spiro atoms. The van der Waals surface area contributed by atoms with E-state index in [-0.39, 0.29) is 0 Å². The van der Waals surface area contributed by atoms with Crippen LogP contribution in [0.1, 0.15) is 0 Å². The molecular weight excluding hydrogens is 212 g/mol. The van der Waals surface area contributed by atoms with Crippen LogP contribution in [0.2, 0.25) is 0 Å². The third-order valence-electron chi connectivity index (χ3n) is 2.07. The van der Waals surface area contributed by atoms with Crippen molar-refractivity contribution in [3.63, 3.8) is 0 Å². The topological polar surface area (TPSA) is 72.8 Å². The molecule has 0 saturated heterocycles.